The minimum Gasteiger partial charge on any atom is -0.493 e. The van der Waals surface area contributed by atoms with Gasteiger partial charge in [-0.05, 0) is 54.6 Å². The molecule has 0 aliphatic carbocycles. The van der Waals surface area contributed by atoms with Crippen molar-refractivity contribution in [3.8, 4) is 23.0 Å². The van der Waals surface area contributed by atoms with Gasteiger partial charge in [0.15, 0.2) is 17.3 Å². The van der Waals surface area contributed by atoms with Crippen LogP contribution in [0.4, 0.5) is 0 Å². The number of hydrazone groups is 1. The highest BCUT2D eigenvalue weighted by Gasteiger charge is 2.38. The number of nitrogens with zero attached hydrogens (tertiary/aromatic N) is 3. The maximum Gasteiger partial charge on any atom is 0.283 e. The Morgan fingerprint density at radius 1 is 1.05 bits per heavy atom. The second-order valence-electron chi connectivity index (χ2n) is 7.92. The molecule has 1 amide bonds. The van der Waals surface area contributed by atoms with Gasteiger partial charge >= 0.3 is 0 Å². The molecule has 0 unspecified atom stereocenters. The maximum absolute atomic E-state index is 12.7. The maximum atomic E-state index is 12.7. The normalized spacial score (nSPS) is 16.3. The summed E-state index contributed by atoms with van der Waals surface area (Å²) in [6.07, 6.45) is 2.43. The quantitative estimate of drug-likeness (QED) is 0.392. The zero-order chi connectivity index (χ0) is 26.7. The third-order valence-electron chi connectivity index (χ3n) is 5.17. The van der Waals surface area contributed by atoms with Gasteiger partial charge in [-0.1, -0.05) is 17.7 Å². The van der Waals surface area contributed by atoms with Gasteiger partial charge in [0.25, 0.3) is 5.91 Å². The molecule has 37 heavy (non-hydrogen) atoms. The molecule has 1 N–H and O–H groups in total. The van der Waals surface area contributed by atoms with Crippen LogP contribution in [0.5, 0.6) is 23.0 Å². The van der Waals surface area contributed by atoms with Crippen molar-refractivity contribution in [3.63, 3.8) is 0 Å². The lowest BCUT2D eigenvalue weighted by Crippen LogP contribution is -2.35. The number of sulfone groups is 1. The lowest BCUT2D eigenvalue weighted by atomic mass is 10.1. The molecule has 2 aromatic carbocycles. The summed E-state index contributed by atoms with van der Waals surface area (Å²) in [5, 5.41) is 13.4. The van der Waals surface area contributed by atoms with E-state index in [0.717, 1.165) is 34.3 Å². The zero-order valence-electron chi connectivity index (χ0n) is 20.5. The number of fused-ring (bicyclic) bond motifs is 1. The molecule has 2 aromatic rings. The van der Waals surface area contributed by atoms with E-state index in [2.05, 4.69) is 10.1 Å². The number of benzene rings is 2. The fourth-order valence-electron chi connectivity index (χ4n) is 3.35. The number of carbonyl (C=O) groups excluding carboxylic acids is 1. The lowest BCUT2D eigenvalue weighted by Gasteiger charge is -2.20. The van der Waals surface area contributed by atoms with Crippen molar-refractivity contribution in [2.24, 2.45) is 10.1 Å². The summed E-state index contributed by atoms with van der Waals surface area (Å²) >= 11 is 0.722. The molecule has 4 rings (SSSR count). The molecule has 0 saturated heterocycles. The number of nitrogens with one attached hydrogen (secondary N) is 1. The molecule has 2 aliphatic heterocycles. The fraction of sp³-hybridized carbons (Fsp3) is 0.250. The molecule has 11 nitrogen and oxygen atoms in total. The Hall–Kier alpha value is -3.84. The Labute approximate surface area is 218 Å². The first-order valence-electron chi connectivity index (χ1n) is 10.9. The Balaban J connectivity index is 1.54. The van der Waals surface area contributed by atoms with Gasteiger partial charge in [-0.25, -0.2) is 8.42 Å². The van der Waals surface area contributed by atoms with E-state index in [1.54, 1.807) is 12.1 Å². The van der Waals surface area contributed by atoms with Crippen LogP contribution in [0.25, 0.3) is 6.08 Å². The second kappa shape index (κ2) is 10.6. The van der Waals surface area contributed by atoms with E-state index in [4.69, 9.17) is 24.4 Å². The van der Waals surface area contributed by atoms with Crippen LogP contribution in [0.3, 0.4) is 0 Å². The monoisotopic (exact) mass is 544 g/mol. The number of methoxy groups -OCH3 is 2. The Morgan fingerprint density at radius 2 is 1.68 bits per heavy atom. The third kappa shape index (κ3) is 5.78. The molecule has 2 aliphatic rings. The molecular formula is C24H24N4O7S2. The van der Waals surface area contributed by atoms with E-state index in [1.807, 2.05) is 31.2 Å². The highest BCUT2D eigenvalue weighted by Crippen LogP contribution is 2.39. The molecule has 0 radical (unpaired) electrons. The van der Waals surface area contributed by atoms with Crippen molar-refractivity contribution < 1.29 is 32.2 Å². The summed E-state index contributed by atoms with van der Waals surface area (Å²) in [5.74, 6) is 0.769. The van der Waals surface area contributed by atoms with E-state index in [9.17, 15) is 13.2 Å². The van der Waals surface area contributed by atoms with Gasteiger partial charge in [0.2, 0.25) is 25.1 Å². The van der Waals surface area contributed by atoms with Crippen LogP contribution in [0.1, 0.15) is 11.1 Å². The molecule has 0 aromatic heterocycles. The highest BCUT2D eigenvalue weighted by molar-refractivity contribution is 8.42. The standard InChI is InChI=1S/C24H24N4O7S2/c1-14-5-7-16(8-6-14)34-9-10-35-20-18(32-2)12-15(13-19(20)33-3)11-17-21(25)28-23(26-22(17)29)36-24(27-28)37(4,30)31/h5-8,11-13,25H,9-10H2,1-4H3/b17-11-,25-21?. The predicted molar refractivity (Wildman–Crippen MR) is 142 cm³/mol. The molecular weight excluding hydrogens is 520 g/mol. The van der Waals surface area contributed by atoms with Crippen LogP contribution in [0, 0.1) is 12.3 Å². The van der Waals surface area contributed by atoms with Crippen LogP contribution in [0.15, 0.2) is 52.1 Å². The molecule has 0 fully saturated rings. The van der Waals surface area contributed by atoms with Gasteiger partial charge in [-0.15, -0.1) is 5.10 Å². The van der Waals surface area contributed by atoms with Crippen LogP contribution in [0.2, 0.25) is 0 Å². The number of carbonyl (C=O) groups is 1. The van der Waals surface area contributed by atoms with Crippen molar-refractivity contribution in [2.45, 2.75) is 6.92 Å². The largest absolute Gasteiger partial charge is 0.493 e. The van der Waals surface area contributed by atoms with Crippen molar-refractivity contribution in [3.05, 3.63) is 53.1 Å². The number of hydrogen-bond acceptors (Lipinski definition) is 10. The highest BCUT2D eigenvalue weighted by atomic mass is 32.3. The topological polar surface area (TPSA) is 140 Å². The Bertz CT molecular complexity index is 1420. The summed E-state index contributed by atoms with van der Waals surface area (Å²) in [5.41, 5.74) is 1.53. The SMILES string of the molecule is COc1cc(/C=C2/C(=N)N3N=C(S(C)(=O)=O)SC3=NC2=O)cc(OC)c1OCCOc1ccc(C)cc1. The number of aliphatic imine (C=N–C) groups is 1. The van der Waals surface area contributed by atoms with Crippen LogP contribution in [-0.2, 0) is 14.6 Å². The van der Waals surface area contributed by atoms with Gasteiger partial charge in [-0.3, -0.25) is 10.2 Å². The number of rotatable bonds is 8. The van der Waals surface area contributed by atoms with E-state index >= 15 is 0 Å². The van der Waals surface area contributed by atoms with Crippen molar-refractivity contribution in [1.82, 2.24) is 5.01 Å². The number of hydrogen-bond donors (Lipinski definition) is 1. The fourth-order valence-corrected chi connectivity index (χ4v) is 5.04. The summed E-state index contributed by atoms with van der Waals surface area (Å²) < 4.78 is 46.0. The van der Waals surface area contributed by atoms with E-state index in [0.29, 0.717) is 22.8 Å². The molecule has 0 bridgehead atoms. The molecule has 13 heteroatoms. The van der Waals surface area contributed by atoms with E-state index in [1.165, 1.54) is 20.3 Å². The average molecular weight is 545 g/mol. The lowest BCUT2D eigenvalue weighted by molar-refractivity contribution is -0.114. The number of ether oxygens (including phenoxy) is 4. The second-order valence-corrected chi connectivity index (χ2v) is 11.1. The number of thioether (sulfide) groups is 1. The van der Waals surface area contributed by atoms with E-state index < -0.39 is 15.7 Å². The molecule has 2 heterocycles. The van der Waals surface area contributed by atoms with Gasteiger partial charge in [-0.2, -0.15) is 10.0 Å². The first kappa shape index (κ1) is 26.2. The summed E-state index contributed by atoms with van der Waals surface area (Å²) in [6, 6.07) is 10.9. The number of aryl methyl sites for hydroxylation is 1. The van der Waals surface area contributed by atoms with Gasteiger partial charge in [0.1, 0.15) is 19.0 Å². The average Bonchev–Trinajstić information content (AvgIpc) is 3.30. The van der Waals surface area contributed by atoms with Crippen molar-refractivity contribution in [1.29, 1.82) is 5.41 Å². The number of amides is 1. The minimum absolute atomic E-state index is 0.0133. The predicted octanol–water partition coefficient (Wildman–Crippen LogP) is 3.09. The number of amidine groups is 2. The zero-order valence-corrected chi connectivity index (χ0v) is 22.1. The van der Waals surface area contributed by atoms with Crippen molar-refractivity contribution >= 4 is 49.0 Å². The molecule has 194 valence electrons. The Kier molecular flexibility index (Phi) is 7.55. The van der Waals surface area contributed by atoms with Crippen LogP contribution < -0.4 is 18.9 Å². The first-order chi connectivity index (χ1) is 17.6. The van der Waals surface area contributed by atoms with Gasteiger partial charge in [0.05, 0.1) is 19.8 Å². The summed E-state index contributed by atoms with van der Waals surface area (Å²) in [6.45, 7) is 2.50. The smallest absolute Gasteiger partial charge is 0.283 e. The van der Waals surface area contributed by atoms with Gasteiger partial charge in [0, 0.05) is 6.26 Å². The van der Waals surface area contributed by atoms with Crippen molar-refractivity contribution in [2.75, 3.05) is 33.7 Å². The molecule has 0 saturated carbocycles. The Morgan fingerprint density at radius 3 is 2.27 bits per heavy atom. The molecule has 0 atom stereocenters. The first-order valence-corrected chi connectivity index (χ1v) is 13.6. The van der Waals surface area contributed by atoms with Gasteiger partial charge < -0.3 is 18.9 Å². The van der Waals surface area contributed by atoms with Crippen LogP contribution in [-0.4, -0.2) is 68.4 Å². The minimum atomic E-state index is -3.62. The summed E-state index contributed by atoms with van der Waals surface area (Å²) in [4.78, 5) is 16.6. The van der Waals surface area contributed by atoms with Crippen LogP contribution >= 0.6 is 11.8 Å². The molecule has 0 spiro atoms. The third-order valence-corrected chi connectivity index (χ3v) is 7.74. The van der Waals surface area contributed by atoms with E-state index in [-0.39, 0.29) is 34.2 Å². The summed E-state index contributed by atoms with van der Waals surface area (Å²) in [7, 11) is -0.687.